The number of halogens is 1. The number of nitrogens with zero attached hydrogens (tertiary/aromatic N) is 3. The first-order chi connectivity index (χ1) is 19.5. The van der Waals surface area contributed by atoms with E-state index in [1.54, 1.807) is 11.8 Å². The van der Waals surface area contributed by atoms with E-state index in [1.165, 1.54) is 5.69 Å². The van der Waals surface area contributed by atoms with Crippen LogP contribution in [0.1, 0.15) is 18.1 Å². The van der Waals surface area contributed by atoms with Gasteiger partial charge in [-0.25, -0.2) is 0 Å². The summed E-state index contributed by atoms with van der Waals surface area (Å²) < 4.78 is 0. The molecule has 5 rings (SSSR count). The van der Waals surface area contributed by atoms with Crippen molar-refractivity contribution in [2.45, 2.75) is 25.9 Å². The van der Waals surface area contributed by atoms with Gasteiger partial charge in [-0.1, -0.05) is 66.2 Å². The number of hydrogen-bond acceptors (Lipinski definition) is 4. The average molecular weight is 558 g/mol. The molecule has 2 heterocycles. The van der Waals surface area contributed by atoms with E-state index in [9.17, 15) is 9.59 Å². The first-order valence-electron chi connectivity index (χ1n) is 13.8. The second-order valence-corrected chi connectivity index (χ2v) is 10.8. The lowest BCUT2D eigenvalue weighted by molar-refractivity contribution is -0.131. The van der Waals surface area contributed by atoms with Crippen molar-refractivity contribution >= 4 is 40.0 Å². The summed E-state index contributed by atoms with van der Waals surface area (Å²) in [6.07, 6.45) is 2.60. The molecule has 1 aromatic heterocycles. The highest BCUT2D eigenvalue weighted by Crippen LogP contribution is 2.21. The number of carbonyl (C=O) groups excluding carboxylic acids is 2. The fourth-order valence-electron chi connectivity index (χ4n) is 5.41. The maximum atomic E-state index is 13.3. The summed E-state index contributed by atoms with van der Waals surface area (Å²) in [5.41, 5.74) is 4.26. The number of H-pyrrole nitrogens is 1. The van der Waals surface area contributed by atoms with Crippen LogP contribution in [0.4, 0.5) is 5.69 Å². The van der Waals surface area contributed by atoms with Crippen molar-refractivity contribution in [1.82, 2.24) is 20.1 Å². The van der Waals surface area contributed by atoms with Gasteiger partial charge in [0, 0.05) is 74.0 Å². The molecule has 1 aliphatic rings. The van der Waals surface area contributed by atoms with Gasteiger partial charge in [-0.15, -0.1) is 0 Å². The molecule has 2 amide bonds. The third-order valence-corrected chi connectivity index (χ3v) is 7.94. The topological polar surface area (TPSA) is 71.7 Å². The highest BCUT2D eigenvalue weighted by molar-refractivity contribution is 6.31. The van der Waals surface area contributed by atoms with Gasteiger partial charge in [-0.2, -0.15) is 0 Å². The molecule has 3 aromatic carbocycles. The molecule has 0 radical (unpaired) electrons. The van der Waals surface area contributed by atoms with Crippen LogP contribution in [0, 0.1) is 0 Å². The van der Waals surface area contributed by atoms with Gasteiger partial charge in [-0.3, -0.25) is 14.5 Å². The second kappa shape index (κ2) is 13.0. The number of amides is 2. The van der Waals surface area contributed by atoms with Gasteiger partial charge in [0.05, 0.1) is 12.6 Å². The monoisotopic (exact) mass is 557 g/mol. The van der Waals surface area contributed by atoms with Crippen molar-refractivity contribution in [3.05, 3.63) is 101 Å². The quantitative estimate of drug-likeness (QED) is 0.296. The van der Waals surface area contributed by atoms with Gasteiger partial charge in [0.1, 0.15) is 0 Å². The van der Waals surface area contributed by atoms with E-state index in [2.05, 4.69) is 50.4 Å². The predicted molar refractivity (Wildman–Crippen MR) is 162 cm³/mol. The van der Waals surface area contributed by atoms with E-state index in [4.69, 9.17) is 11.6 Å². The number of para-hydroxylation sites is 2. The Balaban J connectivity index is 1.27. The minimum absolute atomic E-state index is 0.0285. The van der Waals surface area contributed by atoms with Gasteiger partial charge >= 0.3 is 0 Å². The average Bonchev–Trinajstić information content (AvgIpc) is 3.37. The number of benzene rings is 3. The number of hydrogen-bond donors (Lipinski definition) is 2. The third kappa shape index (κ3) is 7.03. The molecule has 0 bridgehead atoms. The van der Waals surface area contributed by atoms with Crippen molar-refractivity contribution < 1.29 is 9.59 Å². The summed E-state index contributed by atoms with van der Waals surface area (Å²) in [5, 5.41) is 5.01. The van der Waals surface area contributed by atoms with E-state index >= 15 is 0 Å². The van der Waals surface area contributed by atoms with E-state index in [0.717, 1.165) is 48.2 Å². The third-order valence-electron chi connectivity index (χ3n) is 7.57. The molecule has 0 aliphatic carbocycles. The molecule has 8 heteroatoms. The Hall–Kier alpha value is -3.81. The van der Waals surface area contributed by atoms with Crippen LogP contribution in [0.25, 0.3) is 10.9 Å². The summed E-state index contributed by atoms with van der Waals surface area (Å²) in [6, 6.07) is 25.8. The summed E-state index contributed by atoms with van der Waals surface area (Å²) in [4.78, 5) is 35.7. The minimum atomic E-state index is -0.260. The van der Waals surface area contributed by atoms with Crippen LogP contribution in [0.3, 0.4) is 0 Å². The lowest BCUT2D eigenvalue weighted by Gasteiger charge is -2.36. The zero-order valence-corrected chi connectivity index (χ0v) is 23.6. The first kappa shape index (κ1) is 27.7. The molecule has 1 aliphatic heterocycles. The molecule has 2 N–H and O–H groups in total. The van der Waals surface area contributed by atoms with Crippen molar-refractivity contribution in [3.8, 4) is 0 Å². The molecule has 208 valence electrons. The molecule has 1 saturated heterocycles. The van der Waals surface area contributed by atoms with Crippen LogP contribution < -0.4 is 10.2 Å². The summed E-state index contributed by atoms with van der Waals surface area (Å²) >= 11 is 6.41. The van der Waals surface area contributed by atoms with Crippen molar-refractivity contribution in [2.75, 3.05) is 44.2 Å². The Morgan fingerprint density at radius 2 is 1.62 bits per heavy atom. The number of piperazine rings is 1. The van der Waals surface area contributed by atoms with Crippen LogP contribution in [0.5, 0.6) is 0 Å². The number of nitrogens with one attached hydrogen (secondary N) is 2. The second-order valence-electron chi connectivity index (χ2n) is 10.4. The van der Waals surface area contributed by atoms with Crippen LogP contribution in [-0.2, 0) is 22.6 Å². The minimum Gasteiger partial charge on any atom is -0.369 e. The Labute approximate surface area is 240 Å². The van der Waals surface area contributed by atoms with Crippen molar-refractivity contribution in [1.29, 1.82) is 0 Å². The lowest BCUT2D eigenvalue weighted by Crippen LogP contribution is -2.52. The van der Waals surface area contributed by atoms with Crippen molar-refractivity contribution in [2.24, 2.45) is 0 Å². The Kier molecular flexibility index (Phi) is 9.04. The molecule has 7 nitrogen and oxygen atoms in total. The number of aromatic nitrogens is 1. The summed E-state index contributed by atoms with van der Waals surface area (Å²) in [6.45, 7) is 6.07. The fraction of sp³-hybridized carbons (Fsp3) is 0.312. The smallest absolute Gasteiger partial charge is 0.234 e. The highest BCUT2D eigenvalue weighted by atomic mass is 35.5. The number of fused-ring (bicyclic) bond motifs is 1. The number of anilines is 1. The summed E-state index contributed by atoms with van der Waals surface area (Å²) in [5.74, 6) is -0.0885. The Bertz CT molecular complexity index is 1430. The molecule has 0 saturated carbocycles. The molecular weight excluding hydrogens is 522 g/mol. The van der Waals surface area contributed by atoms with Crippen LogP contribution in [0.2, 0.25) is 5.02 Å². The van der Waals surface area contributed by atoms with Gasteiger partial charge in [0.25, 0.3) is 0 Å². The molecule has 1 atom stereocenters. The van der Waals surface area contributed by atoms with E-state index in [0.29, 0.717) is 31.1 Å². The molecular formula is C32H36ClN5O2. The zero-order valence-electron chi connectivity index (χ0n) is 22.9. The summed E-state index contributed by atoms with van der Waals surface area (Å²) in [7, 11) is 0. The van der Waals surface area contributed by atoms with Crippen LogP contribution >= 0.6 is 11.6 Å². The predicted octanol–water partition coefficient (Wildman–Crippen LogP) is 4.72. The highest BCUT2D eigenvalue weighted by Gasteiger charge is 2.24. The fourth-order valence-corrected chi connectivity index (χ4v) is 5.60. The maximum Gasteiger partial charge on any atom is 0.234 e. The SMILES string of the molecule is CC(=O)N(Cc1ccccc1Cl)C[C@@H](Cc1c[nH]c2ccccc12)NC(=O)CN1CCN(c2ccccc2)CC1. The molecule has 40 heavy (non-hydrogen) atoms. The first-order valence-corrected chi connectivity index (χ1v) is 14.2. The number of carbonyl (C=O) groups is 2. The van der Waals surface area contributed by atoms with Crippen LogP contribution in [-0.4, -0.2) is 71.9 Å². The van der Waals surface area contributed by atoms with Crippen molar-refractivity contribution in [3.63, 3.8) is 0 Å². The molecule has 1 fully saturated rings. The Morgan fingerprint density at radius 1 is 0.925 bits per heavy atom. The molecule has 0 spiro atoms. The van der Waals surface area contributed by atoms with E-state index in [-0.39, 0.29) is 17.9 Å². The largest absolute Gasteiger partial charge is 0.369 e. The maximum absolute atomic E-state index is 13.3. The van der Waals surface area contributed by atoms with E-state index in [1.807, 2.05) is 54.7 Å². The van der Waals surface area contributed by atoms with Gasteiger partial charge in [-0.05, 0) is 41.8 Å². The van der Waals surface area contributed by atoms with Gasteiger partial charge in [0.15, 0.2) is 0 Å². The number of rotatable bonds is 10. The van der Waals surface area contributed by atoms with Crippen LogP contribution in [0.15, 0.2) is 85.1 Å². The standard InChI is InChI=1S/C32H36ClN5O2/c1-24(39)38(21-25-9-5-7-13-30(25)33)22-27(19-26-20-34-31-14-8-6-12-29(26)31)35-32(40)23-36-15-17-37(18-16-36)28-10-3-2-4-11-28/h2-14,20,27,34H,15-19,21-23H2,1H3,(H,35,40)/t27-/m1/s1. The van der Waals surface area contributed by atoms with Gasteiger partial charge < -0.3 is 20.1 Å². The zero-order chi connectivity index (χ0) is 27.9. The normalized spacial score (nSPS) is 14.7. The lowest BCUT2D eigenvalue weighted by atomic mass is 10.0. The molecule has 4 aromatic rings. The Morgan fingerprint density at radius 3 is 2.38 bits per heavy atom. The molecule has 0 unspecified atom stereocenters. The number of aromatic amines is 1. The van der Waals surface area contributed by atoms with Gasteiger partial charge in [0.2, 0.25) is 11.8 Å². The van der Waals surface area contributed by atoms with E-state index < -0.39 is 0 Å².